The summed E-state index contributed by atoms with van der Waals surface area (Å²) in [5, 5.41) is 6.49. The number of carbonyl (C=O) groups is 1. The van der Waals surface area contributed by atoms with Gasteiger partial charge < -0.3 is 20.1 Å². The van der Waals surface area contributed by atoms with Crippen LogP contribution >= 0.6 is 11.6 Å². The number of pyridine rings is 1. The minimum absolute atomic E-state index is 0.298. The van der Waals surface area contributed by atoms with Crippen LogP contribution in [0, 0.1) is 5.92 Å². The Kier molecular flexibility index (Phi) is 7.09. The minimum atomic E-state index is -0.298. The van der Waals surface area contributed by atoms with Gasteiger partial charge in [0.25, 0.3) is 5.91 Å². The van der Waals surface area contributed by atoms with Crippen LogP contribution in [0.4, 0.5) is 11.4 Å². The predicted octanol–water partition coefficient (Wildman–Crippen LogP) is 4.46. The lowest BCUT2D eigenvalue weighted by Crippen LogP contribution is -2.14. The molecule has 0 bridgehead atoms. The molecule has 0 spiro atoms. The first-order chi connectivity index (χ1) is 12.4. The first-order valence-corrected chi connectivity index (χ1v) is 8.74. The van der Waals surface area contributed by atoms with Gasteiger partial charge in [-0.1, -0.05) is 25.4 Å². The Morgan fingerprint density at radius 1 is 1.15 bits per heavy atom. The van der Waals surface area contributed by atoms with Gasteiger partial charge >= 0.3 is 0 Å². The fourth-order valence-corrected chi connectivity index (χ4v) is 2.55. The van der Waals surface area contributed by atoms with Crippen LogP contribution in [0.3, 0.4) is 0 Å². The van der Waals surface area contributed by atoms with E-state index in [1.165, 1.54) is 20.4 Å². The fourth-order valence-electron chi connectivity index (χ4n) is 2.32. The highest BCUT2D eigenvalue weighted by Gasteiger charge is 2.14. The van der Waals surface area contributed by atoms with Crippen LogP contribution in [0.1, 0.15) is 30.6 Å². The summed E-state index contributed by atoms with van der Waals surface area (Å²) in [6.07, 6.45) is 4.25. The number of anilines is 2. The van der Waals surface area contributed by atoms with Crippen LogP contribution in [-0.4, -0.2) is 31.7 Å². The van der Waals surface area contributed by atoms with Crippen molar-refractivity contribution in [2.45, 2.75) is 20.3 Å². The van der Waals surface area contributed by atoms with Gasteiger partial charge in [0.1, 0.15) is 11.5 Å². The van der Waals surface area contributed by atoms with E-state index in [0.29, 0.717) is 33.7 Å². The van der Waals surface area contributed by atoms with Gasteiger partial charge in [0.2, 0.25) is 0 Å². The summed E-state index contributed by atoms with van der Waals surface area (Å²) in [6.45, 7) is 5.15. The van der Waals surface area contributed by atoms with Gasteiger partial charge in [-0.25, -0.2) is 0 Å². The van der Waals surface area contributed by atoms with Crippen molar-refractivity contribution < 1.29 is 14.3 Å². The molecule has 7 heteroatoms. The van der Waals surface area contributed by atoms with Crippen LogP contribution < -0.4 is 20.1 Å². The number of hydrogen-bond acceptors (Lipinski definition) is 5. The summed E-state index contributed by atoms with van der Waals surface area (Å²) in [5.74, 6) is 1.20. The Balaban J connectivity index is 2.15. The molecule has 0 atom stereocenters. The van der Waals surface area contributed by atoms with Crippen molar-refractivity contribution >= 4 is 28.9 Å². The Morgan fingerprint density at radius 3 is 2.54 bits per heavy atom. The third-order valence-corrected chi connectivity index (χ3v) is 4.07. The molecule has 0 aliphatic heterocycles. The van der Waals surface area contributed by atoms with E-state index in [-0.39, 0.29) is 5.91 Å². The van der Waals surface area contributed by atoms with E-state index in [1.54, 1.807) is 24.4 Å². The molecule has 0 saturated carbocycles. The molecule has 1 aromatic heterocycles. The summed E-state index contributed by atoms with van der Waals surface area (Å²) in [5.41, 5.74) is 1.71. The quantitative estimate of drug-likeness (QED) is 0.710. The number of nitrogens with zero attached hydrogens (tertiary/aromatic N) is 1. The number of hydrogen-bond donors (Lipinski definition) is 2. The summed E-state index contributed by atoms with van der Waals surface area (Å²) < 4.78 is 10.5. The molecule has 140 valence electrons. The number of amides is 1. The van der Waals surface area contributed by atoms with Gasteiger partial charge in [0, 0.05) is 31.1 Å². The van der Waals surface area contributed by atoms with E-state index in [1.807, 2.05) is 0 Å². The molecule has 1 amide bonds. The van der Waals surface area contributed by atoms with E-state index >= 15 is 0 Å². The molecular weight excluding hydrogens is 354 g/mol. The Morgan fingerprint density at radius 2 is 1.88 bits per heavy atom. The van der Waals surface area contributed by atoms with Gasteiger partial charge in [-0.3, -0.25) is 9.78 Å². The van der Waals surface area contributed by atoms with Crippen molar-refractivity contribution in [3.63, 3.8) is 0 Å². The first kappa shape index (κ1) is 19.8. The zero-order valence-corrected chi connectivity index (χ0v) is 16.2. The number of benzene rings is 1. The lowest BCUT2D eigenvalue weighted by molar-refractivity contribution is 0.102. The maximum absolute atomic E-state index is 12.6. The van der Waals surface area contributed by atoms with Crippen molar-refractivity contribution in [1.29, 1.82) is 0 Å². The standard InChI is InChI=1S/C19H24ClN3O3/c1-12(2)5-6-22-14-7-13(10-21-11-14)19(24)23-16-9-17(25-3)15(20)8-18(16)26-4/h7-12,22H,5-6H2,1-4H3,(H,23,24). The third-order valence-electron chi connectivity index (χ3n) is 3.77. The van der Waals surface area contributed by atoms with E-state index in [0.717, 1.165) is 18.7 Å². The molecule has 0 fully saturated rings. The number of rotatable bonds is 8. The van der Waals surface area contributed by atoms with E-state index in [4.69, 9.17) is 21.1 Å². The fraction of sp³-hybridized carbons (Fsp3) is 0.368. The lowest BCUT2D eigenvalue weighted by Gasteiger charge is -2.13. The van der Waals surface area contributed by atoms with Gasteiger partial charge in [0.05, 0.1) is 36.2 Å². The molecule has 1 heterocycles. The second kappa shape index (κ2) is 9.29. The van der Waals surface area contributed by atoms with E-state index in [2.05, 4.69) is 29.5 Å². The topological polar surface area (TPSA) is 72.5 Å². The Hall–Kier alpha value is -2.47. The molecule has 0 unspecified atom stereocenters. The van der Waals surface area contributed by atoms with E-state index < -0.39 is 0 Å². The minimum Gasteiger partial charge on any atom is -0.495 e. The third kappa shape index (κ3) is 5.26. The number of ether oxygens (including phenoxy) is 2. The number of halogens is 1. The van der Waals surface area contributed by atoms with E-state index in [9.17, 15) is 4.79 Å². The van der Waals surface area contributed by atoms with Crippen LogP contribution in [0.15, 0.2) is 30.6 Å². The molecule has 1 aromatic carbocycles. The van der Waals surface area contributed by atoms with Gasteiger partial charge in [-0.15, -0.1) is 0 Å². The molecule has 0 aliphatic rings. The van der Waals surface area contributed by atoms with Crippen LogP contribution in [-0.2, 0) is 0 Å². The monoisotopic (exact) mass is 377 g/mol. The maximum Gasteiger partial charge on any atom is 0.257 e. The molecule has 6 nitrogen and oxygen atoms in total. The molecule has 0 radical (unpaired) electrons. The smallest absolute Gasteiger partial charge is 0.257 e. The summed E-state index contributed by atoms with van der Waals surface area (Å²) in [7, 11) is 3.02. The van der Waals surface area contributed by atoms with Gasteiger partial charge in [-0.2, -0.15) is 0 Å². The SMILES string of the molecule is COc1cc(NC(=O)c2cncc(NCCC(C)C)c2)c(OC)cc1Cl. The zero-order chi connectivity index (χ0) is 19.1. The Bertz CT molecular complexity index is 766. The predicted molar refractivity (Wildman–Crippen MR) is 105 cm³/mol. The van der Waals surface area contributed by atoms with Crippen LogP contribution in [0.25, 0.3) is 0 Å². The molecule has 2 N–H and O–H groups in total. The Labute approximate surface area is 158 Å². The number of nitrogens with one attached hydrogen (secondary N) is 2. The van der Waals surface area contributed by atoms with Gasteiger partial charge in [0.15, 0.2) is 0 Å². The summed E-state index contributed by atoms with van der Waals surface area (Å²) in [6, 6.07) is 4.98. The van der Waals surface area contributed by atoms with Crippen LogP contribution in [0.2, 0.25) is 5.02 Å². The molecule has 26 heavy (non-hydrogen) atoms. The number of methoxy groups -OCH3 is 2. The van der Waals surface area contributed by atoms with Crippen molar-refractivity contribution in [2.24, 2.45) is 5.92 Å². The molecule has 0 aliphatic carbocycles. The summed E-state index contributed by atoms with van der Waals surface area (Å²) >= 11 is 6.09. The molecule has 2 rings (SSSR count). The lowest BCUT2D eigenvalue weighted by atomic mass is 10.1. The average molecular weight is 378 g/mol. The van der Waals surface area contributed by atoms with Gasteiger partial charge in [-0.05, 0) is 18.4 Å². The first-order valence-electron chi connectivity index (χ1n) is 8.36. The average Bonchev–Trinajstić information content (AvgIpc) is 2.62. The second-order valence-corrected chi connectivity index (χ2v) is 6.62. The maximum atomic E-state index is 12.6. The molecule has 0 saturated heterocycles. The highest BCUT2D eigenvalue weighted by molar-refractivity contribution is 6.32. The second-order valence-electron chi connectivity index (χ2n) is 6.21. The largest absolute Gasteiger partial charge is 0.495 e. The highest BCUT2D eigenvalue weighted by Crippen LogP contribution is 2.36. The molecule has 2 aromatic rings. The highest BCUT2D eigenvalue weighted by atomic mass is 35.5. The number of carbonyl (C=O) groups excluding carboxylic acids is 1. The normalized spacial score (nSPS) is 10.5. The van der Waals surface area contributed by atoms with Crippen molar-refractivity contribution in [3.05, 3.63) is 41.2 Å². The van der Waals surface area contributed by atoms with Crippen LogP contribution in [0.5, 0.6) is 11.5 Å². The summed E-state index contributed by atoms with van der Waals surface area (Å²) in [4.78, 5) is 16.7. The zero-order valence-electron chi connectivity index (χ0n) is 15.4. The molecular formula is C19H24ClN3O3. The van der Waals surface area contributed by atoms with Crippen molar-refractivity contribution in [2.75, 3.05) is 31.4 Å². The number of aromatic nitrogens is 1. The van der Waals surface area contributed by atoms with Crippen molar-refractivity contribution in [1.82, 2.24) is 4.98 Å². The van der Waals surface area contributed by atoms with Crippen molar-refractivity contribution in [3.8, 4) is 11.5 Å².